The highest BCUT2D eigenvalue weighted by Gasteiger charge is 2.34. The highest BCUT2D eigenvalue weighted by atomic mass is 35.5. The van der Waals surface area contributed by atoms with Crippen LogP contribution in [-0.4, -0.2) is 45.3 Å². The van der Waals surface area contributed by atoms with Crippen LogP contribution in [0.5, 0.6) is 0 Å². The number of nitrogens with zero attached hydrogens (tertiary/aromatic N) is 3. The van der Waals surface area contributed by atoms with Gasteiger partial charge in [-0.15, -0.1) is 0 Å². The number of aliphatic hydroxyl groups excluding tert-OH is 1. The second kappa shape index (κ2) is 4.44. The molecular weight excluding hydrogens is 250 g/mol. The summed E-state index contributed by atoms with van der Waals surface area (Å²) >= 11 is 7.04. The van der Waals surface area contributed by atoms with Crippen LogP contribution in [0.1, 0.15) is 13.8 Å². The molecule has 0 aliphatic carbocycles. The minimum Gasteiger partial charge on any atom is -0.394 e. The maximum atomic E-state index is 9.19. The molecule has 0 radical (unpaired) electrons. The van der Waals surface area contributed by atoms with Crippen LogP contribution in [0.2, 0.25) is 5.15 Å². The van der Waals surface area contributed by atoms with Gasteiger partial charge in [0.15, 0.2) is 11.0 Å². The summed E-state index contributed by atoms with van der Waals surface area (Å²) < 4.78 is 13.8. The Morgan fingerprint density at radius 2 is 2.38 bits per heavy atom. The topological polar surface area (TPSA) is 58.5 Å². The molecule has 0 saturated carbocycles. The predicted octanol–water partition coefficient (Wildman–Crippen LogP) is 1.17. The van der Waals surface area contributed by atoms with Crippen molar-refractivity contribution in [2.24, 2.45) is 0 Å². The quantitative estimate of drug-likeness (QED) is 0.868. The molecule has 0 amide bonds. The standard InChI is InChI=1S/C9H14ClN3O2S/c1-9(2)5-13(3-6(4-14)15-9)8-7(10)11-16-12-8/h6,14H,3-5H2,1-2H3. The average molecular weight is 264 g/mol. The SMILES string of the molecule is CC1(C)CN(c2nsnc2Cl)CC(CO)O1. The van der Waals surface area contributed by atoms with Gasteiger partial charge < -0.3 is 14.7 Å². The molecule has 1 N–H and O–H groups in total. The van der Waals surface area contributed by atoms with Gasteiger partial charge in [-0.2, -0.15) is 8.75 Å². The zero-order valence-electron chi connectivity index (χ0n) is 9.18. The van der Waals surface area contributed by atoms with Crippen molar-refractivity contribution >= 4 is 29.1 Å². The number of morpholine rings is 1. The van der Waals surface area contributed by atoms with E-state index in [0.29, 0.717) is 24.1 Å². The van der Waals surface area contributed by atoms with Gasteiger partial charge in [0.05, 0.1) is 30.0 Å². The van der Waals surface area contributed by atoms with Gasteiger partial charge in [-0.3, -0.25) is 0 Å². The van der Waals surface area contributed by atoms with E-state index in [4.69, 9.17) is 16.3 Å². The highest BCUT2D eigenvalue weighted by molar-refractivity contribution is 6.99. The lowest BCUT2D eigenvalue weighted by Crippen LogP contribution is -2.54. The first-order chi connectivity index (χ1) is 7.52. The fraction of sp³-hybridized carbons (Fsp3) is 0.778. The molecule has 0 spiro atoms. The molecule has 0 aromatic carbocycles. The number of anilines is 1. The van der Waals surface area contributed by atoms with E-state index in [-0.39, 0.29) is 18.3 Å². The number of hydrogen-bond donors (Lipinski definition) is 1. The minimum absolute atomic E-state index is 0.00485. The third kappa shape index (κ3) is 2.45. The van der Waals surface area contributed by atoms with Crippen LogP contribution in [0.15, 0.2) is 0 Å². The average Bonchev–Trinajstić information content (AvgIpc) is 2.62. The lowest BCUT2D eigenvalue weighted by Gasteiger charge is -2.42. The molecule has 1 aromatic rings. The number of aliphatic hydroxyl groups is 1. The summed E-state index contributed by atoms with van der Waals surface area (Å²) in [5.41, 5.74) is -0.321. The number of rotatable bonds is 2. The molecule has 7 heteroatoms. The van der Waals surface area contributed by atoms with Gasteiger partial charge in [0.2, 0.25) is 0 Å². The molecule has 0 bridgehead atoms. The molecule has 2 rings (SSSR count). The zero-order chi connectivity index (χ0) is 11.8. The van der Waals surface area contributed by atoms with Crippen molar-refractivity contribution in [2.45, 2.75) is 25.6 Å². The fourth-order valence-electron chi connectivity index (χ4n) is 1.91. The van der Waals surface area contributed by atoms with E-state index in [1.54, 1.807) is 0 Å². The van der Waals surface area contributed by atoms with Gasteiger partial charge in [-0.1, -0.05) is 11.6 Å². The Morgan fingerprint density at radius 1 is 1.62 bits per heavy atom. The molecule has 16 heavy (non-hydrogen) atoms. The summed E-state index contributed by atoms with van der Waals surface area (Å²) in [5, 5.41) is 9.61. The molecule has 1 aliphatic heterocycles. The smallest absolute Gasteiger partial charge is 0.187 e. The molecule has 5 nitrogen and oxygen atoms in total. The van der Waals surface area contributed by atoms with Crippen molar-refractivity contribution in [2.75, 3.05) is 24.6 Å². The van der Waals surface area contributed by atoms with E-state index in [1.165, 1.54) is 0 Å². The lowest BCUT2D eigenvalue weighted by atomic mass is 10.1. The van der Waals surface area contributed by atoms with Crippen LogP contribution in [0.3, 0.4) is 0 Å². The van der Waals surface area contributed by atoms with E-state index in [2.05, 4.69) is 8.75 Å². The molecule has 90 valence electrons. The van der Waals surface area contributed by atoms with Crippen LogP contribution >= 0.6 is 23.3 Å². The zero-order valence-corrected chi connectivity index (χ0v) is 10.8. The van der Waals surface area contributed by atoms with Crippen molar-refractivity contribution in [3.63, 3.8) is 0 Å². The first-order valence-corrected chi connectivity index (χ1v) is 6.14. The highest BCUT2D eigenvalue weighted by Crippen LogP contribution is 2.29. The molecule has 1 aliphatic rings. The number of aromatic nitrogens is 2. The third-order valence-corrected chi connectivity index (χ3v) is 3.29. The summed E-state index contributed by atoms with van der Waals surface area (Å²) in [6.07, 6.45) is -0.207. The second-order valence-corrected chi connectivity index (χ2v) is 5.33. The lowest BCUT2D eigenvalue weighted by molar-refractivity contribution is -0.101. The Hall–Kier alpha value is -0.430. The Labute approximate surface area is 103 Å². The van der Waals surface area contributed by atoms with Gasteiger partial charge in [0, 0.05) is 13.1 Å². The maximum Gasteiger partial charge on any atom is 0.187 e. The van der Waals surface area contributed by atoms with Crippen molar-refractivity contribution < 1.29 is 9.84 Å². The fourth-order valence-corrected chi connectivity index (χ4v) is 2.69. The summed E-state index contributed by atoms with van der Waals surface area (Å²) in [6.45, 7) is 5.24. The van der Waals surface area contributed by atoms with E-state index in [1.807, 2.05) is 18.7 Å². The maximum absolute atomic E-state index is 9.19. The van der Waals surface area contributed by atoms with E-state index >= 15 is 0 Å². The molecule has 1 aromatic heterocycles. The molecular formula is C9H14ClN3O2S. The molecule has 1 fully saturated rings. The number of halogens is 1. The molecule has 2 heterocycles. The number of hydrogen-bond acceptors (Lipinski definition) is 6. The van der Waals surface area contributed by atoms with Gasteiger partial charge in [-0.05, 0) is 13.8 Å². The van der Waals surface area contributed by atoms with Crippen LogP contribution in [-0.2, 0) is 4.74 Å². The largest absolute Gasteiger partial charge is 0.394 e. The Morgan fingerprint density at radius 3 is 2.94 bits per heavy atom. The van der Waals surface area contributed by atoms with Crippen LogP contribution in [0.4, 0.5) is 5.82 Å². The third-order valence-electron chi connectivity index (χ3n) is 2.42. The normalized spacial score (nSPS) is 24.8. The monoisotopic (exact) mass is 263 g/mol. The first kappa shape index (κ1) is 12.0. The van der Waals surface area contributed by atoms with Gasteiger partial charge in [0.25, 0.3) is 0 Å². The van der Waals surface area contributed by atoms with Crippen molar-refractivity contribution in [1.82, 2.24) is 8.75 Å². The first-order valence-electron chi connectivity index (χ1n) is 5.03. The molecule has 1 unspecified atom stereocenters. The van der Waals surface area contributed by atoms with E-state index in [0.717, 1.165) is 11.7 Å². The van der Waals surface area contributed by atoms with E-state index < -0.39 is 0 Å². The van der Waals surface area contributed by atoms with Gasteiger partial charge in [0.1, 0.15) is 0 Å². The van der Waals surface area contributed by atoms with Gasteiger partial charge in [-0.25, -0.2) is 0 Å². The summed E-state index contributed by atoms with van der Waals surface area (Å²) in [6, 6.07) is 0. The van der Waals surface area contributed by atoms with Crippen LogP contribution in [0, 0.1) is 0 Å². The van der Waals surface area contributed by atoms with Crippen LogP contribution in [0.25, 0.3) is 0 Å². The summed E-state index contributed by atoms with van der Waals surface area (Å²) in [5.74, 6) is 0.682. The minimum atomic E-state index is -0.321. The molecule has 1 saturated heterocycles. The predicted molar refractivity (Wildman–Crippen MR) is 63.2 cm³/mol. The van der Waals surface area contributed by atoms with Crippen molar-refractivity contribution in [3.05, 3.63) is 5.15 Å². The summed E-state index contributed by atoms with van der Waals surface area (Å²) in [4.78, 5) is 2.01. The summed E-state index contributed by atoms with van der Waals surface area (Å²) in [7, 11) is 0. The van der Waals surface area contributed by atoms with E-state index in [9.17, 15) is 5.11 Å². The van der Waals surface area contributed by atoms with Crippen molar-refractivity contribution in [1.29, 1.82) is 0 Å². The Balaban J connectivity index is 2.19. The number of ether oxygens (including phenoxy) is 1. The van der Waals surface area contributed by atoms with Gasteiger partial charge >= 0.3 is 0 Å². The van der Waals surface area contributed by atoms with Crippen molar-refractivity contribution in [3.8, 4) is 0 Å². The van der Waals surface area contributed by atoms with Crippen LogP contribution < -0.4 is 4.90 Å². The molecule has 1 atom stereocenters. The Bertz CT molecular complexity index is 371. The second-order valence-electron chi connectivity index (χ2n) is 4.44. The Kier molecular flexibility index (Phi) is 3.34.